The van der Waals surface area contributed by atoms with Crippen molar-refractivity contribution in [3.05, 3.63) is 29.3 Å². The predicted octanol–water partition coefficient (Wildman–Crippen LogP) is 4.20. The molecule has 1 aromatic carbocycles. The standard InChI is InChI=1S/C16H23F2NO/c1-19-15(8-11-6-4-3-5-7-11)16-13(17)9-12(20-2)10-14(16)18/h9-11,15,19H,3-8H2,1-2H3. The van der Waals surface area contributed by atoms with Crippen LogP contribution in [-0.4, -0.2) is 14.2 Å². The summed E-state index contributed by atoms with van der Waals surface area (Å²) < 4.78 is 33.2. The van der Waals surface area contributed by atoms with Crippen LogP contribution in [-0.2, 0) is 0 Å². The summed E-state index contributed by atoms with van der Waals surface area (Å²) in [6, 6.07) is 2.23. The Labute approximate surface area is 119 Å². The number of nitrogens with one attached hydrogen (secondary N) is 1. The van der Waals surface area contributed by atoms with Crippen LogP contribution < -0.4 is 10.1 Å². The molecular weight excluding hydrogens is 260 g/mol. The Hall–Kier alpha value is -1.16. The molecule has 0 heterocycles. The summed E-state index contributed by atoms with van der Waals surface area (Å²) in [5, 5.41) is 3.06. The van der Waals surface area contributed by atoms with Crippen molar-refractivity contribution >= 4 is 0 Å². The van der Waals surface area contributed by atoms with Gasteiger partial charge >= 0.3 is 0 Å². The van der Waals surface area contributed by atoms with Crippen molar-refractivity contribution in [2.24, 2.45) is 5.92 Å². The van der Waals surface area contributed by atoms with Crippen LogP contribution in [0.5, 0.6) is 5.75 Å². The van der Waals surface area contributed by atoms with E-state index in [1.54, 1.807) is 7.05 Å². The SMILES string of the molecule is CNC(CC1CCCCC1)c1c(F)cc(OC)cc1F. The van der Waals surface area contributed by atoms with Crippen molar-refractivity contribution in [2.75, 3.05) is 14.2 Å². The summed E-state index contributed by atoms with van der Waals surface area (Å²) in [6.45, 7) is 0. The number of halogens is 2. The third-order valence-electron chi connectivity index (χ3n) is 4.28. The Balaban J connectivity index is 2.18. The maximum atomic E-state index is 14.1. The molecule has 1 atom stereocenters. The van der Waals surface area contributed by atoms with Crippen molar-refractivity contribution < 1.29 is 13.5 Å². The highest BCUT2D eigenvalue weighted by Crippen LogP contribution is 2.34. The summed E-state index contributed by atoms with van der Waals surface area (Å²) in [7, 11) is 3.17. The zero-order chi connectivity index (χ0) is 14.5. The molecule has 4 heteroatoms. The first-order valence-corrected chi connectivity index (χ1v) is 7.36. The summed E-state index contributed by atoms with van der Waals surface area (Å²) in [4.78, 5) is 0. The second-order valence-corrected chi connectivity index (χ2v) is 5.59. The molecule has 1 N–H and O–H groups in total. The Morgan fingerprint density at radius 3 is 2.30 bits per heavy atom. The molecule has 20 heavy (non-hydrogen) atoms. The van der Waals surface area contributed by atoms with Gasteiger partial charge in [0, 0.05) is 23.7 Å². The first-order chi connectivity index (χ1) is 9.65. The van der Waals surface area contributed by atoms with Gasteiger partial charge in [0.05, 0.1) is 7.11 Å². The van der Waals surface area contributed by atoms with Gasteiger partial charge in [0.1, 0.15) is 17.4 Å². The third-order valence-corrected chi connectivity index (χ3v) is 4.28. The summed E-state index contributed by atoms with van der Waals surface area (Å²) in [6.07, 6.45) is 6.86. The van der Waals surface area contributed by atoms with Crippen LogP contribution in [0, 0.1) is 17.6 Å². The molecule has 1 unspecified atom stereocenters. The average Bonchev–Trinajstić information content (AvgIpc) is 2.46. The van der Waals surface area contributed by atoms with Crippen LogP contribution in [0.15, 0.2) is 12.1 Å². The van der Waals surface area contributed by atoms with E-state index in [4.69, 9.17) is 4.74 Å². The van der Waals surface area contributed by atoms with Gasteiger partial charge in [0.25, 0.3) is 0 Å². The number of benzene rings is 1. The van der Waals surface area contributed by atoms with Crippen molar-refractivity contribution in [3.8, 4) is 5.75 Å². The molecule has 0 bridgehead atoms. The quantitative estimate of drug-likeness (QED) is 0.874. The van der Waals surface area contributed by atoms with E-state index in [1.165, 1.54) is 38.5 Å². The van der Waals surface area contributed by atoms with E-state index in [2.05, 4.69) is 5.32 Å². The van der Waals surface area contributed by atoms with Crippen molar-refractivity contribution in [2.45, 2.75) is 44.6 Å². The molecule has 1 saturated carbocycles. The fraction of sp³-hybridized carbons (Fsp3) is 0.625. The molecule has 1 aromatic rings. The molecule has 1 fully saturated rings. The first kappa shape index (κ1) is 15.2. The normalized spacial score (nSPS) is 18.0. The van der Waals surface area contributed by atoms with Gasteiger partial charge < -0.3 is 10.1 Å². The van der Waals surface area contributed by atoms with Gasteiger partial charge in [0.2, 0.25) is 0 Å². The summed E-state index contributed by atoms with van der Waals surface area (Å²) >= 11 is 0. The Bertz CT molecular complexity index is 421. The third kappa shape index (κ3) is 3.48. The van der Waals surface area contributed by atoms with E-state index in [9.17, 15) is 8.78 Å². The van der Waals surface area contributed by atoms with Gasteiger partial charge in [-0.15, -0.1) is 0 Å². The highest BCUT2D eigenvalue weighted by molar-refractivity contribution is 5.32. The number of rotatable bonds is 5. The second-order valence-electron chi connectivity index (χ2n) is 5.59. The van der Waals surface area contributed by atoms with Gasteiger partial charge in [0.15, 0.2) is 0 Å². The van der Waals surface area contributed by atoms with Gasteiger partial charge in [-0.1, -0.05) is 32.1 Å². The van der Waals surface area contributed by atoms with Gasteiger partial charge in [-0.3, -0.25) is 0 Å². The van der Waals surface area contributed by atoms with E-state index in [0.29, 0.717) is 5.92 Å². The Morgan fingerprint density at radius 2 is 1.80 bits per heavy atom. The summed E-state index contributed by atoms with van der Waals surface area (Å²) in [5.74, 6) is -0.285. The predicted molar refractivity (Wildman–Crippen MR) is 75.9 cm³/mol. The fourth-order valence-electron chi connectivity index (χ4n) is 3.15. The topological polar surface area (TPSA) is 21.3 Å². The first-order valence-electron chi connectivity index (χ1n) is 7.36. The minimum absolute atomic E-state index is 0.138. The van der Waals surface area contributed by atoms with E-state index in [-0.39, 0.29) is 17.4 Å². The fourth-order valence-corrected chi connectivity index (χ4v) is 3.15. The van der Waals surface area contributed by atoms with Gasteiger partial charge in [-0.2, -0.15) is 0 Å². The summed E-state index contributed by atoms with van der Waals surface area (Å²) in [5.41, 5.74) is 0.138. The smallest absolute Gasteiger partial charge is 0.134 e. The molecule has 2 nitrogen and oxygen atoms in total. The van der Waals surface area contributed by atoms with Crippen LogP contribution in [0.2, 0.25) is 0 Å². The molecule has 2 rings (SSSR count). The number of hydrogen-bond acceptors (Lipinski definition) is 2. The lowest BCUT2D eigenvalue weighted by Crippen LogP contribution is -2.23. The zero-order valence-electron chi connectivity index (χ0n) is 12.2. The van der Waals surface area contributed by atoms with Crippen molar-refractivity contribution in [1.82, 2.24) is 5.32 Å². The average molecular weight is 283 g/mol. The molecule has 0 aromatic heterocycles. The number of hydrogen-bond donors (Lipinski definition) is 1. The van der Waals surface area contributed by atoms with Crippen molar-refractivity contribution in [3.63, 3.8) is 0 Å². The maximum absolute atomic E-state index is 14.1. The zero-order valence-corrected chi connectivity index (χ0v) is 12.2. The lowest BCUT2D eigenvalue weighted by atomic mass is 9.83. The van der Waals surface area contributed by atoms with Gasteiger partial charge in [-0.05, 0) is 19.4 Å². The lowest BCUT2D eigenvalue weighted by Gasteiger charge is -2.27. The number of ether oxygens (including phenoxy) is 1. The van der Waals surface area contributed by atoms with Crippen LogP contribution in [0.3, 0.4) is 0 Å². The molecule has 0 saturated heterocycles. The van der Waals surface area contributed by atoms with Gasteiger partial charge in [-0.25, -0.2) is 8.78 Å². The van der Waals surface area contributed by atoms with E-state index < -0.39 is 11.6 Å². The van der Waals surface area contributed by atoms with Crippen molar-refractivity contribution in [1.29, 1.82) is 0 Å². The van der Waals surface area contributed by atoms with Crippen LogP contribution in [0.25, 0.3) is 0 Å². The molecule has 0 radical (unpaired) electrons. The van der Waals surface area contributed by atoms with Crippen LogP contribution in [0.4, 0.5) is 8.78 Å². The Morgan fingerprint density at radius 1 is 1.20 bits per heavy atom. The lowest BCUT2D eigenvalue weighted by molar-refractivity contribution is 0.299. The van der Waals surface area contributed by atoms with Crippen LogP contribution >= 0.6 is 0 Å². The van der Waals surface area contributed by atoms with E-state index in [0.717, 1.165) is 19.3 Å². The van der Waals surface area contributed by atoms with E-state index in [1.807, 2.05) is 0 Å². The highest BCUT2D eigenvalue weighted by atomic mass is 19.1. The van der Waals surface area contributed by atoms with E-state index >= 15 is 0 Å². The molecule has 1 aliphatic rings. The molecule has 0 aliphatic heterocycles. The largest absolute Gasteiger partial charge is 0.497 e. The van der Waals surface area contributed by atoms with Crippen LogP contribution in [0.1, 0.15) is 50.1 Å². The second kappa shape index (κ2) is 7.02. The Kier molecular flexibility index (Phi) is 5.35. The number of methoxy groups -OCH3 is 1. The highest BCUT2D eigenvalue weighted by Gasteiger charge is 2.24. The molecule has 1 aliphatic carbocycles. The minimum Gasteiger partial charge on any atom is -0.497 e. The molecular formula is C16H23F2NO. The molecule has 112 valence electrons. The molecule has 0 amide bonds. The monoisotopic (exact) mass is 283 g/mol. The maximum Gasteiger partial charge on any atom is 0.134 e. The minimum atomic E-state index is -0.531. The molecule has 0 spiro atoms.